The molecule has 5 atom stereocenters. The zero-order valence-corrected chi connectivity index (χ0v) is 17.1. The number of esters is 1. The predicted octanol–water partition coefficient (Wildman–Crippen LogP) is 1.99. The number of amides is 3. The molecule has 1 aromatic rings. The third kappa shape index (κ3) is 3.44. The van der Waals surface area contributed by atoms with Gasteiger partial charge in [0.1, 0.15) is 11.8 Å². The highest BCUT2D eigenvalue weighted by molar-refractivity contribution is 6.08. The molecule has 1 N–H and O–H groups in total. The van der Waals surface area contributed by atoms with Gasteiger partial charge in [-0.2, -0.15) is 0 Å². The molecule has 0 radical (unpaired) electrons. The van der Waals surface area contributed by atoms with E-state index >= 15 is 0 Å². The molecule has 3 fully saturated rings. The maximum absolute atomic E-state index is 12.8. The second kappa shape index (κ2) is 8.08. The van der Waals surface area contributed by atoms with Gasteiger partial charge in [0, 0.05) is 0 Å². The van der Waals surface area contributed by atoms with Gasteiger partial charge in [0.25, 0.3) is 5.91 Å². The molecule has 0 aromatic heterocycles. The molecule has 3 amide bonds. The van der Waals surface area contributed by atoms with Gasteiger partial charge >= 0.3 is 5.97 Å². The number of imide groups is 1. The zero-order chi connectivity index (χ0) is 21.4. The second-order valence-electron chi connectivity index (χ2n) is 8.19. The minimum Gasteiger partial charge on any atom is -0.492 e. The second-order valence-corrected chi connectivity index (χ2v) is 8.19. The van der Waals surface area contributed by atoms with Gasteiger partial charge in [-0.3, -0.25) is 19.3 Å². The molecular weight excluding hydrogens is 388 g/mol. The Morgan fingerprint density at radius 1 is 1.13 bits per heavy atom. The van der Waals surface area contributed by atoms with Crippen LogP contribution in [0, 0.1) is 23.7 Å². The van der Waals surface area contributed by atoms with Crippen LogP contribution in [0.4, 0.5) is 5.69 Å². The molecule has 0 spiro atoms. The number of rotatable bonds is 7. The van der Waals surface area contributed by atoms with Crippen LogP contribution in [0.5, 0.6) is 5.75 Å². The number of nitrogens with one attached hydrogen (secondary N) is 1. The molecule has 2 aliphatic carbocycles. The van der Waals surface area contributed by atoms with Crippen molar-refractivity contribution in [3.05, 3.63) is 24.3 Å². The van der Waals surface area contributed by atoms with Crippen molar-refractivity contribution in [2.24, 2.45) is 23.7 Å². The van der Waals surface area contributed by atoms with Gasteiger partial charge in [-0.1, -0.05) is 12.1 Å². The molecule has 1 aromatic carbocycles. The third-order valence-corrected chi connectivity index (χ3v) is 6.50. The number of fused-ring (bicyclic) bond motifs is 5. The first-order valence-electron chi connectivity index (χ1n) is 10.5. The minimum absolute atomic E-state index is 0.251. The monoisotopic (exact) mass is 414 g/mol. The average Bonchev–Trinajstić information content (AvgIpc) is 3.41. The Labute approximate surface area is 174 Å². The number of nitrogens with zero attached hydrogens (tertiary/aromatic N) is 1. The number of ether oxygens (including phenoxy) is 2. The zero-order valence-electron chi connectivity index (χ0n) is 17.1. The maximum Gasteiger partial charge on any atom is 0.329 e. The number of para-hydroxylation sites is 2. The summed E-state index contributed by atoms with van der Waals surface area (Å²) < 4.78 is 10.5. The number of likely N-dealkylation sites (tertiary alicyclic amines) is 1. The van der Waals surface area contributed by atoms with Crippen LogP contribution in [0.1, 0.15) is 33.1 Å². The van der Waals surface area contributed by atoms with E-state index in [1.54, 1.807) is 24.3 Å². The predicted molar refractivity (Wildman–Crippen MR) is 106 cm³/mol. The van der Waals surface area contributed by atoms with Gasteiger partial charge in [0.15, 0.2) is 6.61 Å². The molecule has 1 heterocycles. The lowest BCUT2D eigenvalue weighted by Crippen LogP contribution is -2.45. The number of carbonyl (C=O) groups is 4. The van der Waals surface area contributed by atoms with Crippen molar-refractivity contribution >= 4 is 29.4 Å². The highest BCUT2D eigenvalue weighted by Gasteiger charge is 2.62. The molecule has 3 aliphatic rings. The standard InChI is InChI=1S/C22H26N2O6/c1-3-29-16-7-5-4-6-15(16)23-17(25)11-30-22(28)12(2)24-20(26)18-13-8-9-14(10-13)19(18)21(24)27/h4-7,12-14,18-19H,3,8-11H2,1-2H3,(H,23,25)/t12-,13-,14+,18-,19+/m1/s1. The molecule has 4 rings (SSSR count). The van der Waals surface area contributed by atoms with E-state index in [1.807, 2.05) is 6.92 Å². The minimum atomic E-state index is -1.04. The molecule has 8 heteroatoms. The van der Waals surface area contributed by atoms with Gasteiger partial charge in [-0.15, -0.1) is 0 Å². The fourth-order valence-electron chi connectivity index (χ4n) is 5.21. The summed E-state index contributed by atoms with van der Waals surface area (Å²) in [6.07, 6.45) is 2.88. The van der Waals surface area contributed by atoms with Crippen LogP contribution in [0.2, 0.25) is 0 Å². The Hall–Kier alpha value is -2.90. The summed E-state index contributed by atoms with van der Waals surface area (Å²) in [5, 5.41) is 2.64. The van der Waals surface area contributed by atoms with Crippen molar-refractivity contribution in [1.29, 1.82) is 0 Å². The van der Waals surface area contributed by atoms with Crippen LogP contribution >= 0.6 is 0 Å². The van der Waals surface area contributed by atoms with E-state index in [1.165, 1.54) is 6.92 Å². The fourth-order valence-corrected chi connectivity index (χ4v) is 5.21. The van der Waals surface area contributed by atoms with E-state index in [0.717, 1.165) is 24.2 Å². The number of anilines is 1. The maximum atomic E-state index is 12.8. The number of hydrogen-bond donors (Lipinski definition) is 1. The van der Waals surface area contributed by atoms with E-state index < -0.39 is 24.5 Å². The Bertz CT molecular complexity index is 856. The first kappa shape index (κ1) is 20.4. The topological polar surface area (TPSA) is 102 Å². The molecule has 2 bridgehead atoms. The van der Waals surface area contributed by atoms with Crippen LogP contribution < -0.4 is 10.1 Å². The van der Waals surface area contributed by atoms with E-state index in [9.17, 15) is 19.2 Å². The van der Waals surface area contributed by atoms with Crippen molar-refractivity contribution in [3.63, 3.8) is 0 Å². The molecular formula is C22H26N2O6. The van der Waals surface area contributed by atoms with E-state index in [4.69, 9.17) is 9.47 Å². The molecule has 160 valence electrons. The Morgan fingerprint density at radius 3 is 2.40 bits per heavy atom. The lowest BCUT2D eigenvalue weighted by molar-refractivity contribution is -0.159. The van der Waals surface area contributed by atoms with Crippen LogP contribution in [-0.2, 0) is 23.9 Å². The average molecular weight is 414 g/mol. The fraction of sp³-hybridized carbons (Fsp3) is 0.545. The normalized spacial score (nSPS) is 27.7. The van der Waals surface area contributed by atoms with E-state index in [0.29, 0.717) is 18.0 Å². The van der Waals surface area contributed by atoms with Gasteiger partial charge < -0.3 is 14.8 Å². The summed E-state index contributed by atoms with van der Waals surface area (Å²) in [5.74, 6) is -1.39. The third-order valence-electron chi connectivity index (χ3n) is 6.50. The number of carbonyl (C=O) groups excluding carboxylic acids is 4. The molecule has 30 heavy (non-hydrogen) atoms. The van der Waals surface area contributed by atoms with Gasteiger partial charge in [0.2, 0.25) is 11.8 Å². The summed E-state index contributed by atoms with van der Waals surface area (Å²) in [5.41, 5.74) is 0.474. The molecule has 1 saturated heterocycles. The van der Waals surface area contributed by atoms with E-state index in [2.05, 4.69) is 5.32 Å². The van der Waals surface area contributed by atoms with Crippen molar-refractivity contribution < 1.29 is 28.7 Å². The van der Waals surface area contributed by atoms with Crippen LogP contribution in [0.25, 0.3) is 0 Å². The van der Waals surface area contributed by atoms with Gasteiger partial charge in [-0.25, -0.2) is 4.79 Å². The van der Waals surface area contributed by atoms with E-state index in [-0.39, 0.29) is 35.5 Å². The lowest BCUT2D eigenvalue weighted by Gasteiger charge is -2.23. The Kier molecular flexibility index (Phi) is 5.49. The number of hydrogen-bond acceptors (Lipinski definition) is 6. The summed E-state index contributed by atoms with van der Waals surface area (Å²) in [6.45, 7) is 3.24. The molecule has 2 saturated carbocycles. The van der Waals surface area contributed by atoms with Gasteiger partial charge in [-0.05, 0) is 57.1 Å². The Morgan fingerprint density at radius 2 is 1.77 bits per heavy atom. The van der Waals surface area contributed by atoms with Crippen LogP contribution in [-0.4, -0.2) is 47.8 Å². The molecule has 8 nitrogen and oxygen atoms in total. The largest absolute Gasteiger partial charge is 0.492 e. The van der Waals surface area contributed by atoms with Crippen molar-refractivity contribution in [2.45, 2.75) is 39.2 Å². The molecule has 1 aliphatic heterocycles. The SMILES string of the molecule is CCOc1ccccc1NC(=O)COC(=O)[C@@H](C)N1C(=O)[C@@H]2[C@@H]3CC[C@@H](C3)[C@@H]2C1=O. The summed E-state index contributed by atoms with van der Waals surface area (Å²) in [4.78, 5) is 51.4. The smallest absolute Gasteiger partial charge is 0.329 e. The van der Waals surface area contributed by atoms with Crippen LogP contribution in [0.3, 0.4) is 0 Å². The van der Waals surface area contributed by atoms with Crippen molar-refractivity contribution in [1.82, 2.24) is 4.90 Å². The van der Waals surface area contributed by atoms with Crippen LogP contribution in [0.15, 0.2) is 24.3 Å². The quantitative estimate of drug-likeness (QED) is 0.541. The number of benzene rings is 1. The van der Waals surface area contributed by atoms with Gasteiger partial charge in [0.05, 0.1) is 24.1 Å². The summed E-state index contributed by atoms with van der Waals surface area (Å²) in [6, 6.07) is 5.90. The van der Waals surface area contributed by atoms with Crippen molar-refractivity contribution in [2.75, 3.05) is 18.5 Å². The summed E-state index contributed by atoms with van der Waals surface area (Å²) in [7, 11) is 0. The molecule has 0 unspecified atom stereocenters. The highest BCUT2D eigenvalue weighted by Crippen LogP contribution is 2.56. The summed E-state index contributed by atoms with van der Waals surface area (Å²) >= 11 is 0. The highest BCUT2D eigenvalue weighted by atomic mass is 16.5. The lowest BCUT2D eigenvalue weighted by atomic mass is 9.81. The first-order chi connectivity index (χ1) is 14.4. The first-order valence-corrected chi connectivity index (χ1v) is 10.5. The van der Waals surface area contributed by atoms with Crippen molar-refractivity contribution in [3.8, 4) is 5.75 Å². The Balaban J connectivity index is 1.34.